The number of ether oxygens (including phenoxy) is 1. The molecule has 8 nitrogen and oxygen atoms in total. The highest BCUT2D eigenvalue weighted by Crippen LogP contribution is 2.27. The number of nitrogens with one attached hydrogen (secondary N) is 1. The number of hydrogen-bond donors (Lipinski definition) is 1. The van der Waals surface area contributed by atoms with Gasteiger partial charge in [-0.2, -0.15) is 5.10 Å². The molecule has 1 aromatic rings. The number of nitrogens with zero attached hydrogens (tertiary/aromatic N) is 4. The molecule has 0 radical (unpaired) electrons. The van der Waals surface area contributed by atoms with Gasteiger partial charge in [0.25, 0.3) is 0 Å². The fraction of sp³-hybridized carbons (Fsp3) is 0.700. The highest BCUT2D eigenvalue weighted by atomic mass is 16.6. The zero-order chi connectivity index (χ0) is 13.1. The van der Waals surface area contributed by atoms with Gasteiger partial charge in [0.2, 0.25) is 5.82 Å². The molecule has 18 heavy (non-hydrogen) atoms. The van der Waals surface area contributed by atoms with Crippen molar-refractivity contribution in [3.63, 3.8) is 0 Å². The Balaban J connectivity index is 2.28. The summed E-state index contributed by atoms with van der Waals surface area (Å²) < 4.78 is 6.87. The van der Waals surface area contributed by atoms with Gasteiger partial charge in [-0.25, -0.2) is 4.68 Å². The lowest BCUT2D eigenvalue weighted by Gasteiger charge is -2.24. The zero-order valence-corrected chi connectivity index (χ0v) is 10.5. The molecule has 1 aromatic heterocycles. The lowest BCUT2D eigenvalue weighted by molar-refractivity contribution is -0.384. The van der Waals surface area contributed by atoms with Crippen LogP contribution in [0, 0.1) is 10.1 Å². The van der Waals surface area contributed by atoms with Crippen LogP contribution in [0.3, 0.4) is 0 Å². The molecule has 2 rings (SSSR count). The third-order valence-corrected chi connectivity index (χ3v) is 3.07. The van der Waals surface area contributed by atoms with Gasteiger partial charge < -0.3 is 15.0 Å². The van der Waals surface area contributed by atoms with E-state index in [4.69, 9.17) is 4.74 Å². The summed E-state index contributed by atoms with van der Waals surface area (Å²) in [6.45, 7) is 2.82. The molecule has 0 amide bonds. The molecule has 1 unspecified atom stereocenters. The molecule has 1 atom stereocenters. The second-order valence-electron chi connectivity index (χ2n) is 4.24. The van der Waals surface area contributed by atoms with Crippen LogP contribution in [0.2, 0.25) is 0 Å². The summed E-state index contributed by atoms with van der Waals surface area (Å²) in [5.74, 6) is 0.533. The molecular formula is C10H17N5O3. The van der Waals surface area contributed by atoms with Crippen molar-refractivity contribution in [1.82, 2.24) is 15.1 Å². The number of methoxy groups -OCH3 is 1. The van der Waals surface area contributed by atoms with Crippen LogP contribution in [0.25, 0.3) is 0 Å². The van der Waals surface area contributed by atoms with Crippen molar-refractivity contribution >= 4 is 11.5 Å². The SMILES string of the molecule is COC1CNCCN(c2c([N+](=O)[O-])cnn2C)C1. The average Bonchev–Trinajstić information content (AvgIpc) is 2.60. The lowest BCUT2D eigenvalue weighted by Crippen LogP contribution is -2.35. The Bertz CT molecular complexity index is 433. The van der Waals surface area contributed by atoms with Crippen molar-refractivity contribution < 1.29 is 9.66 Å². The van der Waals surface area contributed by atoms with E-state index in [1.807, 2.05) is 4.90 Å². The standard InChI is InChI=1S/C10H17N5O3/c1-13-10(9(6-12-13)15(16)17)14-4-3-11-5-8(7-14)18-2/h6,8,11H,3-5,7H2,1-2H3. The molecule has 1 N–H and O–H groups in total. The van der Waals surface area contributed by atoms with Crippen molar-refractivity contribution in [3.05, 3.63) is 16.3 Å². The zero-order valence-electron chi connectivity index (χ0n) is 10.5. The summed E-state index contributed by atoms with van der Waals surface area (Å²) in [4.78, 5) is 12.5. The average molecular weight is 255 g/mol. The molecule has 8 heteroatoms. The largest absolute Gasteiger partial charge is 0.378 e. The van der Waals surface area contributed by atoms with Gasteiger partial charge in [-0.3, -0.25) is 10.1 Å². The monoisotopic (exact) mass is 255 g/mol. The van der Waals surface area contributed by atoms with Crippen molar-refractivity contribution in [2.24, 2.45) is 7.05 Å². The molecule has 1 saturated heterocycles. The summed E-state index contributed by atoms with van der Waals surface area (Å²) in [6.07, 6.45) is 1.30. The van der Waals surface area contributed by atoms with Crippen LogP contribution in [0.5, 0.6) is 0 Å². The number of aryl methyl sites for hydroxylation is 1. The molecule has 2 heterocycles. The Morgan fingerprint density at radius 2 is 2.44 bits per heavy atom. The van der Waals surface area contributed by atoms with E-state index < -0.39 is 4.92 Å². The maximum atomic E-state index is 11.0. The molecule has 0 bridgehead atoms. The molecule has 0 aromatic carbocycles. The van der Waals surface area contributed by atoms with Crippen LogP contribution >= 0.6 is 0 Å². The van der Waals surface area contributed by atoms with E-state index in [-0.39, 0.29) is 11.8 Å². The number of anilines is 1. The van der Waals surface area contributed by atoms with E-state index in [9.17, 15) is 10.1 Å². The van der Waals surface area contributed by atoms with Crippen LogP contribution in [0.4, 0.5) is 11.5 Å². The van der Waals surface area contributed by atoms with Crippen LogP contribution in [0.1, 0.15) is 0 Å². The Kier molecular flexibility index (Phi) is 3.78. The topological polar surface area (TPSA) is 85.5 Å². The number of nitro groups is 1. The third kappa shape index (κ3) is 2.44. The maximum absolute atomic E-state index is 11.0. The van der Waals surface area contributed by atoms with Gasteiger partial charge in [-0.15, -0.1) is 0 Å². The van der Waals surface area contributed by atoms with Crippen molar-refractivity contribution in [2.75, 3.05) is 38.2 Å². The lowest BCUT2D eigenvalue weighted by atomic mass is 10.3. The summed E-state index contributed by atoms with van der Waals surface area (Å²) in [7, 11) is 3.36. The second-order valence-corrected chi connectivity index (χ2v) is 4.24. The summed E-state index contributed by atoms with van der Waals surface area (Å²) >= 11 is 0. The summed E-state index contributed by atoms with van der Waals surface area (Å²) in [5, 5.41) is 18.2. The molecule has 0 spiro atoms. The first-order valence-electron chi connectivity index (χ1n) is 5.78. The van der Waals surface area contributed by atoms with Gasteiger partial charge in [0.15, 0.2) is 0 Å². The van der Waals surface area contributed by atoms with E-state index in [0.29, 0.717) is 18.9 Å². The van der Waals surface area contributed by atoms with Gasteiger partial charge >= 0.3 is 5.69 Å². The molecule has 1 aliphatic heterocycles. The molecule has 100 valence electrons. The predicted molar refractivity (Wildman–Crippen MR) is 65.7 cm³/mol. The number of aromatic nitrogens is 2. The molecular weight excluding hydrogens is 238 g/mol. The smallest absolute Gasteiger partial charge is 0.331 e. The Morgan fingerprint density at radius 3 is 3.11 bits per heavy atom. The fourth-order valence-corrected chi connectivity index (χ4v) is 2.14. The Morgan fingerprint density at radius 1 is 1.67 bits per heavy atom. The summed E-state index contributed by atoms with van der Waals surface area (Å²) in [6, 6.07) is 0. The first-order chi connectivity index (χ1) is 8.63. The quantitative estimate of drug-likeness (QED) is 0.592. The highest BCUT2D eigenvalue weighted by Gasteiger charge is 2.27. The second kappa shape index (κ2) is 5.32. The highest BCUT2D eigenvalue weighted by molar-refractivity contribution is 5.57. The molecule has 1 fully saturated rings. The van der Waals surface area contributed by atoms with Crippen LogP contribution < -0.4 is 10.2 Å². The van der Waals surface area contributed by atoms with E-state index in [2.05, 4.69) is 10.4 Å². The van der Waals surface area contributed by atoms with Crippen LogP contribution in [-0.4, -0.2) is 54.1 Å². The fourth-order valence-electron chi connectivity index (χ4n) is 2.14. The minimum absolute atomic E-state index is 0.0157. The van der Waals surface area contributed by atoms with Gasteiger partial charge in [-0.1, -0.05) is 0 Å². The molecule has 0 saturated carbocycles. The van der Waals surface area contributed by atoms with Crippen LogP contribution in [-0.2, 0) is 11.8 Å². The van der Waals surface area contributed by atoms with Gasteiger partial charge in [0.05, 0.1) is 11.0 Å². The van der Waals surface area contributed by atoms with E-state index in [0.717, 1.165) is 13.1 Å². The predicted octanol–water partition coefficient (Wildman–Crippen LogP) is -0.247. The third-order valence-electron chi connectivity index (χ3n) is 3.07. The van der Waals surface area contributed by atoms with E-state index in [1.54, 1.807) is 14.2 Å². The number of rotatable bonds is 3. The Labute approximate surface area is 105 Å². The minimum Gasteiger partial charge on any atom is -0.378 e. The first kappa shape index (κ1) is 12.8. The van der Waals surface area contributed by atoms with Gasteiger partial charge in [0, 0.05) is 40.3 Å². The van der Waals surface area contributed by atoms with Crippen molar-refractivity contribution in [3.8, 4) is 0 Å². The normalized spacial score (nSPS) is 20.8. The van der Waals surface area contributed by atoms with Crippen molar-refractivity contribution in [1.29, 1.82) is 0 Å². The Hall–Kier alpha value is -1.67. The molecule has 0 aliphatic carbocycles. The van der Waals surface area contributed by atoms with Crippen molar-refractivity contribution in [2.45, 2.75) is 6.10 Å². The maximum Gasteiger partial charge on any atom is 0.331 e. The van der Waals surface area contributed by atoms with E-state index in [1.165, 1.54) is 10.9 Å². The minimum atomic E-state index is -0.400. The van der Waals surface area contributed by atoms with Gasteiger partial charge in [0.1, 0.15) is 6.20 Å². The first-order valence-corrected chi connectivity index (χ1v) is 5.78. The van der Waals surface area contributed by atoms with E-state index >= 15 is 0 Å². The molecule has 1 aliphatic rings. The summed E-state index contributed by atoms with van der Waals surface area (Å²) in [5.41, 5.74) is 0.0363. The van der Waals surface area contributed by atoms with Crippen LogP contribution in [0.15, 0.2) is 6.20 Å². The number of hydrogen-bond acceptors (Lipinski definition) is 6. The van der Waals surface area contributed by atoms with Gasteiger partial charge in [-0.05, 0) is 0 Å².